The molecule has 0 aliphatic heterocycles. The van der Waals surface area contributed by atoms with Crippen molar-refractivity contribution in [2.24, 2.45) is 0 Å². The quantitative estimate of drug-likeness (QED) is 0.303. The van der Waals surface area contributed by atoms with Crippen LogP contribution < -0.4 is 0 Å². The second-order valence-electron chi connectivity index (χ2n) is 5.26. The first-order chi connectivity index (χ1) is 10.7. The van der Waals surface area contributed by atoms with Gasteiger partial charge in [0.1, 0.15) is 0 Å². The number of hydroxylamine groups is 1. The van der Waals surface area contributed by atoms with E-state index in [0.717, 1.165) is 37.7 Å². The minimum absolute atomic E-state index is 0.205. The number of benzene rings is 2. The van der Waals surface area contributed by atoms with Gasteiger partial charge in [-0.1, -0.05) is 41.1 Å². The zero-order valence-corrected chi connectivity index (χ0v) is 13.9. The van der Waals surface area contributed by atoms with E-state index in [1.165, 1.54) is 0 Å². The van der Waals surface area contributed by atoms with Gasteiger partial charge in [-0.15, -0.1) is 0 Å². The fourth-order valence-electron chi connectivity index (χ4n) is 2.70. The number of nitrogens with zero attached hydrogens (tertiary/aromatic N) is 1. The molecule has 4 heteroatoms. The molecule has 112 valence electrons. The van der Waals surface area contributed by atoms with E-state index in [9.17, 15) is 5.21 Å². The van der Waals surface area contributed by atoms with Gasteiger partial charge >= 0.3 is 0 Å². The average molecular weight is 357 g/mol. The molecule has 1 aromatic heterocycles. The van der Waals surface area contributed by atoms with E-state index in [1.807, 2.05) is 55.6 Å². The van der Waals surface area contributed by atoms with Crippen LogP contribution in [0.25, 0.3) is 10.9 Å². The summed E-state index contributed by atoms with van der Waals surface area (Å²) in [7, 11) is 0. The molecule has 3 rings (SSSR count). The molecule has 0 aliphatic rings. The monoisotopic (exact) mass is 356 g/mol. The lowest BCUT2D eigenvalue weighted by Crippen LogP contribution is -2.13. The van der Waals surface area contributed by atoms with Crippen molar-refractivity contribution in [2.45, 2.75) is 19.4 Å². The zero-order valence-electron chi connectivity index (χ0n) is 12.3. The Kier molecular flexibility index (Phi) is 4.29. The molecule has 22 heavy (non-hydrogen) atoms. The number of aromatic amines is 1. The number of hydrogen-bond acceptors (Lipinski definition) is 1. The molecule has 2 aromatic carbocycles. The van der Waals surface area contributed by atoms with Crippen molar-refractivity contribution in [2.75, 3.05) is 0 Å². The molecule has 3 aromatic rings. The van der Waals surface area contributed by atoms with Crippen LogP contribution in [0.1, 0.15) is 30.5 Å². The highest BCUT2D eigenvalue weighted by atomic mass is 79.9. The molecule has 0 spiro atoms. The van der Waals surface area contributed by atoms with Gasteiger partial charge < -0.3 is 10.2 Å². The number of nitrogens with one attached hydrogen (secondary N) is 1. The SMILES string of the molecule is CCC(c1c[nH]c2ccc(Br)cc12)/[N+]([O-])=C\c1ccccc1. The van der Waals surface area contributed by atoms with Gasteiger partial charge in [0.2, 0.25) is 0 Å². The molecule has 0 amide bonds. The van der Waals surface area contributed by atoms with Crippen LogP contribution >= 0.6 is 15.9 Å². The summed E-state index contributed by atoms with van der Waals surface area (Å²) >= 11 is 3.50. The van der Waals surface area contributed by atoms with Crippen molar-refractivity contribution in [3.05, 3.63) is 75.5 Å². The summed E-state index contributed by atoms with van der Waals surface area (Å²) in [6.45, 7) is 2.03. The van der Waals surface area contributed by atoms with Gasteiger partial charge in [0.25, 0.3) is 0 Å². The Bertz CT molecular complexity index is 808. The molecular weight excluding hydrogens is 340 g/mol. The summed E-state index contributed by atoms with van der Waals surface area (Å²) < 4.78 is 2.07. The summed E-state index contributed by atoms with van der Waals surface area (Å²) in [5.74, 6) is 0. The lowest BCUT2D eigenvalue weighted by molar-refractivity contribution is -0.503. The number of fused-ring (bicyclic) bond motifs is 1. The molecule has 3 nitrogen and oxygen atoms in total. The molecule has 0 bridgehead atoms. The normalized spacial score (nSPS) is 13.5. The van der Waals surface area contributed by atoms with E-state index in [2.05, 4.69) is 27.0 Å². The number of aromatic nitrogens is 1. The fraction of sp³-hybridized carbons (Fsp3) is 0.167. The van der Waals surface area contributed by atoms with Crippen molar-refractivity contribution in [3.63, 3.8) is 0 Å². The highest BCUT2D eigenvalue weighted by Gasteiger charge is 2.20. The van der Waals surface area contributed by atoms with E-state index in [1.54, 1.807) is 6.21 Å². The molecule has 1 heterocycles. The van der Waals surface area contributed by atoms with Gasteiger partial charge in [0.05, 0.1) is 0 Å². The van der Waals surface area contributed by atoms with Gasteiger partial charge in [-0.3, -0.25) is 0 Å². The summed E-state index contributed by atoms with van der Waals surface area (Å²) in [4.78, 5) is 3.25. The molecule has 0 aliphatic carbocycles. The van der Waals surface area contributed by atoms with Crippen LogP contribution in [0, 0.1) is 5.21 Å². The first kappa shape index (κ1) is 14.9. The third-order valence-corrected chi connectivity index (χ3v) is 4.30. The first-order valence-electron chi connectivity index (χ1n) is 7.31. The van der Waals surface area contributed by atoms with Crippen LogP contribution in [-0.4, -0.2) is 15.9 Å². The second-order valence-corrected chi connectivity index (χ2v) is 6.17. The minimum atomic E-state index is -0.205. The van der Waals surface area contributed by atoms with Gasteiger partial charge in [-0.25, -0.2) is 4.74 Å². The van der Waals surface area contributed by atoms with E-state index in [4.69, 9.17) is 0 Å². The third-order valence-electron chi connectivity index (χ3n) is 3.80. The predicted molar refractivity (Wildman–Crippen MR) is 94.3 cm³/mol. The maximum absolute atomic E-state index is 12.6. The molecule has 0 radical (unpaired) electrons. The lowest BCUT2D eigenvalue weighted by atomic mass is 10.0. The summed E-state index contributed by atoms with van der Waals surface area (Å²) in [5.41, 5.74) is 2.99. The molecule has 1 unspecified atom stereocenters. The van der Waals surface area contributed by atoms with Crippen LogP contribution in [0.4, 0.5) is 0 Å². The summed E-state index contributed by atoms with van der Waals surface area (Å²) in [6.07, 6.45) is 4.34. The minimum Gasteiger partial charge on any atom is -0.623 e. The van der Waals surface area contributed by atoms with Crippen molar-refractivity contribution in [1.82, 2.24) is 4.98 Å². The first-order valence-corrected chi connectivity index (χ1v) is 8.10. The zero-order chi connectivity index (χ0) is 15.5. The van der Waals surface area contributed by atoms with E-state index in [-0.39, 0.29) is 6.04 Å². The highest BCUT2D eigenvalue weighted by Crippen LogP contribution is 2.30. The summed E-state index contributed by atoms with van der Waals surface area (Å²) in [5, 5.41) is 13.7. The van der Waals surface area contributed by atoms with E-state index >= 15 is 0 Å². The van der Waals surface area contributed by atoms with E-state index in [0.29, 0.717) is 0 Å². The van der Waals surface area contributed by atoms with Crippen molar-refractivity contribution in [1.29, 1.82) is 0 Å². The molecule has 0 saturated heterocycles. The largest absolute Gasteiger partial charge is 0.623 e. The van der Waals surface area contributed by atoms with Gasteiger partial charge in [-0.05, 0) is 30.3 Å². The van der Waals surface area contributed by atoms with Crippen LogP contribution in [0.5, 0.6) is 0 Å². The molecule has 1 N–H and O–H groups in total. The average Bonchev–Trinajstić information content (AvgIpc) is 2.92. The van der Waals surface area contributed by atoms with Crippen LogP contribution in [-0.2, 0) is 0 Å². The number of halogens is 1. The maximum Gasteiger partial charge on any atom is 0.190 e. The predicted octanol–water partition coefficient (Wildman–Crippen LogP) is 5.01. The third kappa shape index (κ3) is 2.92. The van der Waals surface area contributed by atoms with Crippen LogP contribution in [0.2, 0.25) is 0 Å². The lowest BCUT2D eigenvalue weighted by Gasteiger charge is -2.15. The maximum atomic E-state index is 12.6. The number of hydrogen-bond donors (Lipinski definition) is 1. The van der Waals surface area contributed by atoms with Gasteiger partial charge in [0.15, 0.2) is 12.3 Å². The Balaban J connectivity index is 2.02. The Labute approximate surface area is 138 Å². The van der Waals surface area contributed by atoms with Gasteiger partial charge in [0, 0.05) is 39.1 Å². The second kappa shape index (κ2) is 6.36. The van der Waals surface area contributed by atoms with Gasteiger partial charge in [-0.2, -0.15) is 0 Å². The number of H-pyrrole nitrogens is 1. The Morgan fingerprint density at radius 1 is 1.23 bits per heavy atom. The topological polar surface area (TPSA) is 41.9 Å². The molecule has 0 fully saturated rings. The van der Waals surface area contributed by atoms with Crippen molar-refractivity contribution >= 4 is 33.0 Å². The fourth-order valence-corrected chi connectivity index (χ4v) is 3.06. The van der Waals surface area contributed by atoms with E-state index < -0.39 is 0 Å². The molecular formula is C18H17BrN2O. The Morgan fingerprint density at radius 3 is 2.73 bits per heavy atom. The van der Waals surface area contributed by atoms with Crippen LogP contribution in [0.15, 0.2) is 59.2 Å². The molecule has 0 saturated carbocycles. The van der Waals surface area contributed by atoms with Crippen molar-refractivity contribution in [3.8, 4) is 0 Å². The van der Waals surface area contributed by atoms with Crippen molar-refractivity contribution < 1.29 is 4.74 Å². The smallest absolute Gasteiger partial charge is 0.190 e. The standard InChI is InChI=1S/C18H17BrN2O/c1-2-18(21(22)12-13-6-4-3-5-7-13)16-11-20-17-9-8-14(19)10-15(16)17/h3-12,18,20H,2H2,1H3/b21-12+. The molecule has 1 atom stereocenters. The summed E-state index contributed by atoms with van der Waals surface area (Å²) in [6, 6.07) is 15.5. The van der Waals surface area contributed by atoms with Crippen LogP contribution in [0.3, 0.4) is 0 Å². The highest BCUT2D eigenvalue weighted by molar-refractivity contribution is 9.10. The Hall–Kier alpha value is -2.07. The number of rotatable bonds is 4. The Morgan fingerprint density at radius 2 is 2.00 bits per heavy atom.